The third-order valence-corrected chi connectivity index (χ3v) is 7.11. The summed E-state index contributed by atoms with van der Waals surface area (Å²) in [7, 11) is 1.55. The minimum absolute atomic E-state index is 0.189. The normalized spacial score (nSPS) is 15.4. The Morgan fingerprint density at radius 2 is 1.92 bits per heavy atom. The van der Waals surface area contributed by atoms with Crippen LogP contribution in [-0.4, -0.2) is 30.9 Å². The molecule has 3 aromatic rings. The van der Waals surface area contributed by atoms with Crippen molar-refractivity contribution < 1.29 is 19.0 Å². The number of ether oxygens (including phenoxy) is 3. The maximum Gasteiger partial charge on any atom is 0.338 e. The smallest absolute Gasteiger partial charge is 0.338 e. The van der Waals surface area contributed by atoms with Gasteiger partial charge in [0.2, 0.25) is 0 Å². The van der Waals surface area contributed by atoms with Crippen LogP contribution < -0.4 is 24.4 Å². The lowest BCUT2D eigenvalue weighted by Crippen LogP contribution is -2.40. The summed E-state index contributed by atoms with van der Waals surface area (Å²) in [6.07, 6.45) is 1.70. The first-order valence-electron chi connectivity index (χ1n) is 11.2. The highest BCUT2D eigenvalue weighted by atomic mass is 35.5. The lowest BCUT2D eigenvalue weighted by atomic mass is 9.95. The molecule has 4 rings (SSSR count). The van der Waals surface area contributed by atoms with Gasteiger partial charge in [0.25, 0.3) is 5.56 Å². The maximum absolute atomic E-state index is 13.7. The number of benzene rings is 2. The molecule has 1 aliphatic rings. The quantitative estimate of drug-likeness (QED) is 0.407. The Labute approximate surface area is 221 Å². The van der Waals surface area contributed by atoms with E-state index in [9.17, 15) is 9.59 Å². The van der Waals surface area contributed by atoms with E-state index in [1.54, 1.807) is 63.4 Å². The summed E-state index contributed by atoms with van der Waals surface area (Å²) in [6.45, 7) is 5.94. The van der Waals surface area contributed by atoms with E-state index in [0.29, 0.717) is 54.3 Å². The predicted molar refractivity (Wildman–Crippen MR) is 141 cm³/mol. The van der Waals surface area contributed by atoms with Gasteiger partial charge in [0.1, 0.15) is 0 Å². The molecule has 0 amide bonds. The minimum Gasteiger partial charge on any atom is -0.493 e. The third kappa shape index (κ3) is 4.93. The average molecular weight is 547 g/mol. The van der Waals surface area contributed by atoms with Crippen LogP contribution in [0.2, 0.25) is 10.0 Å². The summed E-state index contributed by atoms with van der Waals surface area (Å²) in [5.74, 6) is 0.516. The molecule has 0 saturated carbocycles. The number of allylic oxidation sites excluding steroid dienone is 1. The zero-order chi connectivity index (χ0) is 26.0. The van der Waals surface area contributed by atoms with E-state index in [1.165, 1.54) is 15.9 Å². The van der Waals surface area contributed by atoms with E-state index in [4.69, 9.17) is 37.4 Å². The zero-order valence-electron chi connectivity index (χ0n) is 20.1. The third-order valence-electron chi connectivity index (χ3n) is 5.57. The van der Waals surface area contributed by atoms with Crippen LogP contribution in [0.5, 0.6) is 11.5 Å². The second-order valence-corrected chi connectivity index (χ2v) is 9.66. The Morgan fingerprint density at radius 3 is 2.58 bits per heavy atom. The summed E-state index contributed by atoms with van der Waals surface area (Å²) < 4.78 is 18.4. The lowest BCUT2D eigenvalue weighted by molar-refractivity contribution is -0.139. The molecule has 0 aliphatic carbocycles. The summed E-state index contributed by atoms with van der Waals surface area (Å²) in [6, 6.07) is 9.62. The molecule has 2 heterocycles. The van der Waals surface area contributed by atoms with Gasteiger partial charge in [-0.05, 0) is 62.2 Å². The molecule has 1 aromatic heterocycles. The monoisotopic (exact) mass is 546 g/mol. The SMILES string of the molecule is CCOC(=O)C1=C(C)N=c2s/c(=C\c3ccc(Cl)cc3Cl)c(=O)n2[C@@H]1c1ccc(OC)c(OCC)c1. The highest BCUT2D eigenvalue weighted by Gasteiger charge is 2.34. The molecule has 0 N–H and O–H groups in total. The van der Waals surface area contributed by atoms with Crippen molar-refractivity contribution in [1.82, 2.24) is 4.57 Å². The van der Waals surface area contributed by atoms with Gasteiger partial charge in [-0.2, -0.15) is 0 Å². The lowest BCUT2D eigenvalue weighted by Gasteiger charge is -2.25. The first kappa shape index (κ1) is 26.0. The number of esters is 1. The molecule has 188 valence electrons. The van der Waals surface area contributed by atoms with E-state index in [-0.39, 0.29) is 17.7 Å². The molecule has 36 heavy (non-hydrogen) atoms. The van der Waals surface area contributed by atoms with Crippen LogP contribution in [0.15, 0.2) is 57.5 Å². The van der Waals surface area contributed by atoms with Crippen molar-refractivity contribution in [2.75, 3.05) is 20.3 Å². The van der Waals surface area contributed by atoms with E-state index in [2.05, 4.69) is 4.99 Å². The fourth-order valence-corrected chi connectivity index (χ4v) is 5.50. The first-order chi connectivity index (χ1) is 17.3. The van der Waals surface area contributed by atoms with E-state index >= 15 is 0 Å². The topological polar surface area (TPSA) is 79.1 Å². The molecule has 2 aromatic carbocycles. The Morgan fingerprint density at radius 1 is 1.14 bits per heavy atom. The number of hydrogen-bond acceptors (Lipinski definition) is 7. The Kier molecular flexibility index (Phi) is 7.88. The first-order valence-corrected chi connectivity index (χ1v) is 12.8. The number of rotatable bonds is 7. The van der Waals surface area contributed by atoms with Crippen LogP contribution in [-0.2, 0) is 9.53 Å². The molecule has 0 radical (unpaired) electrons. The van der Waals surface area contributed by atoms with Crippen LogP contribution in [0, 0.1) is 0 Å². The van der Waals surface area contributed by atoms with E-state index in [0.717, 1.165) is 0 Å². The van der Waals surface area contributed by atoms with Gasteiger partial charge in [0.15, 0.2) is 16.3 Å². The number of carbonyl (C=O) groups excluding carboxylic acids is 1. The van der Waals surface area contributed by atoms with E-state index < -0.39 is 12.0 Å². The predicted octanol–water partition coefficient (Wildman–Crippen LogP) is 4.51. The second kappa shape index (κ2) is 10.9. The maximum atomic E-state index is 13.7. The van der Waals surface area contributed by atoms with Crippen molar-refractivity contribution in [2.24, 2.45) is 4.99 Å². The molecule has 0 unspecified atom stereocenters. The van der Waals surface area contributed by atoms with Crippen molar-refractivity contribution in [3.63, 3.8) is 0 Å². The second-order valence-electron chi connectivity index (χ2n) is 7.81. The van der Waals surface area contributed by atoms with Gasteiger partial charge in [-0.1, -0.05) is 46.7 Å². The number of halogens is 2. The molecular formula is C26H24Cl2N2O5S. The van der Waals surface area contributed by atoms with Crippen molar-refractivity contribution in [3.8, 4) is 11.5 Å². The van der Waals surface area contributed by atoms with Crippen LogP contribution in [0.1, 0.15) is 37.9 Å². The summed E-state index contributed by atoms with van der Waals surface area (Å²) in [5.41, 5.74) is 1.76. The fraction of sp³-hybridized carbons (Fsp3) is 0.269. The van der Waals surface area contributed by atoms with Gasteiger partial charge in [0.05, 0.1) is 42.2 Å². The molecule has 10 heteroatoms. The summed E-state index contributed by atoms with van der Waals surface area (Å²) >= 11 is 13.6. The number of nitrogens with zero attached hydrogens (tertiary/aromatic N) is 2. The fourth-order valence-electron chi connectivity index (χ4n) is 4.00. The summed E-state index contributed by atoms with van der Waals surface area (Å²) in [5, 5.41) is 0.919. The Hall–Kier alpha value is -3.07. The number of hydrogen-bond donors (Lipinski definition) is 0. The van der Waals surface area contributed by atoms with Gasteiger partial charge in [-0.25, -0.2) is 9.79 Å². The molecule has 1 atom stereocenters. The molecule has 0 saturated heterocycles. The number of fused-ring (bicyclic) bond motifs is 1. The number of methoxy groups -OCH3 is 1. The van der Waals surface area contributed by atoms with Crippen molar-refractivity contribution >= 4 is 46.6 Å². The molecular weight excluding hydrogens is 523 g/mol. The van der Waals surface area contributed by atoms with Gasteiger partial charge in [-0.3, -0.25) is 9.36 Å². The minimum atomic E-state index is -0.770. The molecule has 7 nitrogen and oxygen atoms in total. The van der Waals surface area contributed by atoms with Gasteiger partial charge < -0.3 is 14.2 Å². The van der Waals surface area contributed by atoms with E-state index in [1.807, 2.05) is 6.92 Å². The van der Waals surface area contributed by atoms with Crippen LogP contribution in [0.3, 0.4) is 0 Å². The van der Waals surface area contributed by atoms with Crippen LogP contribution in [0.25, 0.3) is 6.08 Å². The number of carbonyl (C=O) groups is 1. The molecule has 1 aliphatic heterocycles. The van der Waals surface area contributed by atoms with Crippen LogP contribution in [0.4, 0.5) is 0 Å². The summed E-state index contributed by atoms with van der Waals surface area (Å²) in [4.78, 5) is 31.9. The Bertz CT molecular complexity index is 1540. The highest BCUT2D eigenvalue weighted by molar-refractivity contribution is 7.07. The largest absolute Gasteiger partial charge is 0.493 e. The van der Waals surface area contributed by atoms with Crippen molar-refractivity contribution in [1.29, 1.82) is 0 Å². The van der Waals surface area contributed by atoms with Gasteiger partial charge >= 0.3 is 5.97 Å². The van der Waals surface area contributed by atoms with Crippen molar-refractivity contribution in [2.45, 2.75) is 26.8 Å². The van der Waals surface area contributed by atoms with Gasteiger partial charge in [0, 0.05) is 10.0 Å². The zero-order valence-corrected chi connectivity index (χ0v) is 22.5. The standard InChI is InChI=1S/C26H24Cl2N2O5S/c1-5-34-20-11-16(8-10-19(20)33-4)23-22(25(32)35-6-2)14(3)29-26-30(23)24(31)21(36-26)12-15-7-9-17(27)13-18(15)28/h7-13,23H,5-6H2,1-4H3/b21-12-/t23-/m1/s1. The molecule has 0 fully saturated rings. The molecule has 0 bridgehead atoms. The number of thiazole rings is 1. The molecule has 0 spiro atoms. The number of aromatic nitrogens is 1. The van der Waals surface area contributed by atoms with Crippen molar-refractivity contribution in [3.05, 3.63) is 88.5 Å². The average Bonchev–Trinajstić information content (AvgIpc) is 3.14. The highest BCUT2D eigenvalue weighted by Crippen LogP contribution is 2.36. The van der Waals surface area contributed by atoms with Gasteiger partial charge in [-0.15, -0.1) is 0 Å². The van der Waals surface area contributed by atoms with Crippen LogP contribution >= 0.6 is 34.5 Å². The Balaban J connectivity index is 1.97.